The molecule has 3 rings (SSSR count). The van der Waals surface area contributed by atoms with Gasteiger partial charge in [-0.3, -0.25) is 14.5 Å². The molecule has 0 fully saturated rings. The Balaban J connectivity index is 1.86. The molecule has 1 aromatic carbocycles. The third-order valence-corrected chi connectivity index (χ3v) is 4.22. The number of carbonyl (C=O) groups is 1. The number of methoxy groups -OCH3 is 3. The van der Waals surface area contributed by atoms with Crippen LogP contribution in [0.3, 0.4) is 0 Å². The van der Waals surface area contributed by atoms with Crippen molar-refractivity contribution in [2.24, 2.45) is 12.0 Å². The first-order chi connectivity index (χ1) is 14.1. The van der Waals surface area contributed by atoms with Crippen molar-refractivity contribution in [3.63, 3.8) is 0 Å². The van der Waals surface area contributed by atoms with Gasteiger partial charge in [0, 0.05) is 18.8 Å². The molecule has 0 saturated heterocycles. The fraction of sp³-hybridized carbons (Fsp3) is 0.250. The lowest BCUT2D eigenvalue weighted by molar-refractivity contribution is 0.0939. The van der Waals surface area contributed by atoms with E-state index in [0.717, 1.165) is 0 Å². The van der Waals surface area contributed by atoms with Crippen molar-refractivity contribution in [3.8, 4) is 17.2 Å². The number of hydrogen-bond acceptors (Lipinski definition) is 7. The largest absolute Gasteiger partial charge is 0.493 e. The number of rotatable bonds is 8. The quantitative estimate of drug-likeness (QED) is 0.586. The Bertz CT molecular complexity index is 1010. The smallest absolute Gasteiger partial charge is 0.272 e. The van der Waals surface area contributed by atoms with Crippen LogP contribution in [0.15, 0.2) is 46.1 Å². The molecule has 1 N–H and O–H groups in total. The van der Waals surface area contributed by atoms with E-state index in [9.17, 15) is 4.79 Å². The first-order valence-corrected chi connectivity index (χ1v) is 8.74. The van der Waals surface area contributed by atoms with Crippen molar-refractivity contribution in [2.75, 3.05) is 21.3 Å². The second-order valence-electron chi connectivity index (χ2n) is 5.95. The monoisotopic (exact) mass is 398 g/mol. The minimum absolute atomic E-state index is 0.268. The van der Waals surface area contributed by atoms with Gasteiger partial charge in [-0.15, -0.1) is 0 Å². The van der Waals surface area contributed by atoms with Crippen molar-refractivity contribution < 1.29 is 23.4 Å². The number of nitrogens with zero attached hydrogens (tertiary/aromatic N) is 3. The fourth-order valence-corrected chi connectivity index (χ4v) is 2.81. The first-order valence-electron chi connectivity index (χ1n) is 8.74. The molecule has 0 aliphatic heterocycles. The zero-order valence-corrected chi connectivity index (χ0v) is 16.6. The Hall–Kier alpha value is -3.75. The van der Waals surface area contributed by atoms with E-state index in [1.54, 1.807) is 50.9 Å². The maximum atomic E-state index is 12.6. The Kier molecular flexibility index (Phi) is 6.18. The van der Waals surface area contributed by atoms with Gasteiger partial charge in [-0.05, 0) is 24.3 Å². The van der Waals surface area contributed by atoms with Crippen LogP contribution in [0.4, 0.5) is 5.69 Å². The lowest BCUT2D eigenvalue weighted by Crippen LogP contribution is -2.25. The number of nitrogens with one attached hydrogen (secondary N) is 1. The summed E-state index contributed by atoms with van der Waals surface area (Å²) in [5.74, 6) is 1.82. The SMILES string of the molecule is COc1ccc(C=Nc2cnn(C)c2C(=O)NCc2ccco2)c(OC)c1OC. The normalized spacial score (nSPS) is 10.9. The van der Waals surface area contributed by atoms with E-state index in [4.69, 9.17) is 18.6 Å². The van der Waals surface area contributed by atoms with Crippen LogP contribution in [-0.2, 0) is 13.6 Å². The molecular formula is C20H22N4O5. The van der Waals surface area contributed by atoms with Gasteiger partial charge in [0.1, 0.15) is 11.4 Å². The van der Waals surface area contributed by atoms with Gasteiger partial charge in [-0.1, -0.05) is 0 Å². The third-order valence-electron chi connectivity index (χ3n) is 4.22. The average molecular weight is 398 g/mol. The summed E-state index contributed by atoms with van der Waals surface area (Å²) in [6, 6.07) is 7.09. The van der Waals surface area contributed by atoms with E-state index in [2.05, 4.69) is 15.4 Å². The van der Waals surface area contributed by atoms with Crippen molar-refractivity contribution >= 4 is 17.8 Å². The second kappa shape index (κ2) is 8.96. The summed E-state index contributed by atoms with van der Waals surface area (Å²) < 4.78 is 22.8. The highest BCUT2D eigenvalue weighted by atomic mass is 16.5. The van der Waals surface area contributed by atoms with Crippen LogP contribution in [0.1, 0.15) is 21.8 Å². The number of benzene rings is 1. The van der Waals surface area contributed by atoms with Crippen LogP contribution in [0.25, 0.3) is 0 Å². The lowest BCUT2D eigenvalue weighted by Gasteiger charge is -2.13. The van der Waals surface area contributed by atoms with Gasteiger partial charge in [0.05, 0.1) is 40.3 Å². The highest BCUT2D eigenvalue weighted by Gasteiger charge is 2.18. The number of amides is 1. The zero-order valence-electron chi connectivity index (χ0n) is 16.6. The molecular weight excluding hydrogens is 376 g/mol. The topological polar surface area (TPSA) is 100 Å². The molecule has 1 amide bonds. The van der Waals surface area contributed by atoms with Gasteiger partial charge in [0.15, 0.2) is 17.2 Å². The number of aliphatic imine (C=N–C) groups is 1. The summed E-state index contributed by atoms with van der Waals surface area (Å²) in [4.78, 5) is 17.0. The molecule has 0 bridgehead atoms. The summed E-state index contributed by atoms with van der Waals surface area (Å²) >= 11 is 0. The number of carbonyl (C=O) groups excluding carboxylic acids is 1. The van der Waals surface area contributed by atoms with Crippen molar-refractivity contribution in [1.82, 2.24) is 15.1 Å². The van der Waals surface area contributed by atoms with Crippen LogP contribution >= 0.6 is 0 Å². The Morgan fingerprint density at radius 3 is 2.66 bits per heavy atom. The molecule has 29 heavy (non-hydrogen) atoms. The van der Waals surface area contributed by atoms with Gasteiger partial charge in [0.2, 0.25) is 5.75 Å². The summed E-state index contributed by atoms with van der Waals surface area (Å²) in [7, 11) is 6.29. The number of aryl methyl sites for hydroxylation is 1. The molecule has 0 spiro atoms. The minimum Gasteiger partial charge on any atom is -0.493 e. The molecule has 0 aliphatic rings. The predicted octanol–water partition coefficient (Wildman–Crippen LogP) is 2.72. The standard InChI is InChI=1S/C20H22N4O5/c1-24-17(20(25)22-11-14-6-5-9-29-14)15(12-23-24)21-10-13-7-8-16(26-2)19(28-4)18(13)27-3/h5-10,12H,11H2,1-4H3,(H,22,25). The minimum atomic E-state index is -0.312. The molecule has 0 saturated carbocycles. The van der Waals surface area contributed by atoms with E-state index in [1.165, 1.54) is 25.1 Å². The van der Waals surface area contributed by atoms with Crippen molar-refractivity contribution in [2.45, 2.75) is 6.54 Å². The summed E-state index contributed by atoms with van der Waals surface area (Å²) in [6.07, 6.45) is 4.66. The molecule has 9 nitrogen and oxygen atoms in total. The molecule has 0 unspecified atom stereocenters. The maximum Gasteiger partial charge on any atom is 0.272 e. The molecule has 2 aromatic heterocycles. The molecule has 0 atom stereocenters. The van der Waals surface area contributed by atoms with Crippen molar-refractivity contribution in [3.05, 3.63) is 53.7 Å². The van der Waals surface area contributed by atoms with Crippen molar-refractivity contribution in [1.29, 1.82) is 0 Å². The summed E-state index contributed by atoms with van der Waals surface area (Å²) in [5, 5.41) is 6.94. The number of hydrogen-bond donors (Lipinski definition) is 1. The van der Waals surface area contributed by atoms with Crippen LogP contribution in [0, 0.1) is 0 Å². The van der Waals surface area contributed by atoms with Gasteiger partial charge in [0.25, 0.3) is 5.91 Å². The second-order valence-corrected chi connectivity index (χ2v) is 5.95. The molecule has 0 radical (unpaired) electrons. The number of furan rings is 1. The van der Waals surface area contributed by atoms with E-state index >= 15 is 0 Å². The number of aromatic nitrogens is 2. The Morgan fingerprint density at radius 2 is 2.00 bits per heavy atom. The molecule has 9 heteroatoms. The highest BCUT2D eigenvalue weighted by molar-refractivity contribution is 5.98. The van der Waals surface area contributed by atoms with E-state index < -0.39 is 0 Å². The number of ether oxygens (including phenoxy) is 3. The molecule has 3 aromatic rings. The summed E-state index contributed by atoms with van der Waals surface area (Å²) in [5.41, 5.74) is 1.41. The highest BCUT2D eigenvalue weighted by Crippen LogP contribution is 2.39. The van der Waals surface area contributed by atoms with Gasteiger partial charge in [-0.25, -0.2) is 0 Å². The van der Waals surface area contributed by atoms with E-state index in [0.29, 0.717) is 40.0 Å². The maximum absolute atomic E-state index is 12.6. The van der Waals surface area contributed by atoms with Crippen LogP contribution in [0.2, 0.25) is 0 Å². The molecule has 0 aliphatic carbocycles. The van der Waals surface area contributed by atoms with E-state index in [1.807, 2.05) is 0 Å². The van der Waals surface area contributed by atoms with Gasteiger partial charge < -0.3 is 23.9 Å². The molecule has 152 valence electrons. The van der Waals surface area contributed by atoms with Gasteiger partial charge >= 0.3 is 0 Å². The van der Waals surface area contributed by atoms with E-state index in [-0.39, 0.29) is 12.5 Å². The predicted molar refractivity (Wildman–Crippen MR) is 106 cm³/mol. The average Bonchev–Trinajstić information content (AvgIpc) is 3.39. The van der Waals surface area contributed by atoms with Crippen LogP contribution in [-0.4, -0.2) is 43.2 Å². The third kappa shape index (κ3) is 4.23. The first kappa shape index (κ1) is 20.0. The lowest BCUT2D eigenvalue weighted by atomic mass is 10.2. The van der Waals surface area contributed by atoms with Crippen LogP contribution in [0.5, 0.6) is 17.2 Å². The van der Waals surface area contributed by atoms with Crippen LogP contribution < -0.4 is 19.5 Å². The molecule has 2 heterocycles. The summed E-state index contributed by atoms with van der Waals surface area (Å²) in [6.45, 7) is 0.268. The Labute approximate surface area is 167 Å². The Morgan fingerprint density at radius 1 is 1.21 bits per heavy atom. The fourth-order valence-electron chi connectivity index (χ4n) is 2.81. The van der Waals surface area contributed by atoms with Gasteiger partial charge in [-0.2, -0.15) is 5.10 Å². The zero-order chi connectivity index (χ0) is 20.8.